The summed E-state index contributed by atoms with van der Waals surface area (Å²) in [6.45, 7) is 10.8. The van der Waals surface area contributed by atoms with E-state index in [1.165, 1.54) is 0 Å². The van der Waals surface area contributed by atoms with Crippen molar-refractivity contribution in [2.45, 2.75) is 65.0 Å². The SMILES string of the molecule is CC(C)N1CCC2(CC1)CCN(C(C)C)CC2(F)F. The van der Waals surface area contributed by atoms with Crippen LogP contribution in [0.2, 0.25) is 0 Å². The molecular weight excluding hydrogens is 246 g/mol. The van der Waals surface area contributed by atoms with Crippen molar-refractivity contribution >= 4 is 0 Å². The summed E-state index contributed by atoms with van der Waals surface area (Å²) in [7, 11) is 0. The van der Waals surface area contributed by atoms with Gasteiger partial charge in [0.2, 0.25) is 0 Å². The molecule has 0 aromatic rings. The molecule has 0 amide bonds. The first-order chi connectivity index (χ1) is 8.77. The number of halogens is 2. The van der Waals surface area contributed by atoms with Gasteiger partial charge in [-0.1, -0.05) is 0 Å². The van der Waals surface area contributed by atoms with Crippen LogP contribution in [0.1, 0.15) is 47.0 Å². The van der Waals surface area contributed by atoms with E-state index >= 15 is 0 Å². The summed E-state index contributed by atoms with van der Waals surface area (Å²) in [6, 6.07) is 0.695. The molecule has 0 unspecified atom stereocenters. The Labute approximate surface area is 116 Å². The van der Waals surface area contributed by atoms with Crippen molar-refractivity contribution in [1.82, 2.24) is 9.80 Å². The predicted molar refractivity (Wildman–Crippen MR) is 74.6 cm³/mol. The van der Waals surface area contributed by atoms with E-state index in [0.29, 0.717) is 25.3 Å². The van der Waals surface area contributed by atoms with Gasteiger partial charge in [0, 0.05) is 17.5 Å². The normalized spacial score (nSPS) is 28.4. The molecule has 0 aromatic heterocycles. The molecular formula is C15H28F2N2. The maximum atomic E-state index is 14.6. The minimum Gasteiger partial charge on any atom is -0.301 e. The van der Waals surface area contributed by atoms with E-state index in [1.807, 2.05) is 18.7 Å². The summed E-state index contributed by atoms with van der Waals surface area (Å²) in [5.74, 6) is -2.53. The highest BCUT2D eigenvalue weighted by molar-refractivity contribution is 5.02. The Bertz CT molecular complexity index is 299. The van der Waals surface area contributed by atoms with E-state index in [2.05, 4.69) is 18.7 Å². The molecule has 2 saturated heterocycles. The van der Waals surface area contributed by atoms with Crippen molar-refractivity contribution in [3.63, 3.8) is 0 Å². The van der Waals surface area contributed by atoms with E-state index in [1.54, 1.807) is 0 Å². The van der Waals surface area contributed by atoms with Gasteiger partial charge in [-0.3, -0.25) is 4.90 Å². The average molecular weight is 274 g/mol. The number of hydrogen-bond acceptors (Lipinski definition) is 2. The van der Waals surface area contributed by atoms with Crippen LogP contribution in [0.25, 0.3) is 0 Å². The fourth-order valence-corrected chi connectivity index (χ4v) is 3.57. The summed E-state index contributed by atoms with van der Waals surface area (Å²) in [4.78, 5) is 4.26. The monoisotopic (exact) mass is 274 g/mol. The van der Waals surface area contributed by atoms with Crippen LogP contribution < -0.4 is 0 Å². The average Bonchev–Trinajstić information content (AvgIpc) is 2.33. The first-order valence-electron chi connectivity index (χ1n) is 7.63. The summed E-state index contributed by atoms with van der Waals surface area (Å²) in [6.07, 6.45) is 1.97. The van der Waals surface area contributed by atoms with Gasteiger partial charge in [-0.15, -0.1) is 0 Å². The van der Waals surface area contributed by atoms with Crippen molar-refractivity contribution in [2.24, 2.45) is 5.41 Å². The molecule has 4 heteroatoms. The van der Waals surface area contributed by atoms with Gasteiger partial charge in [0.1, 0.15) is 0 Å². The first-order valence-corrected chi connectivity index (χ1v) is 7.63. The Morgan fingerprint density at radius 3 is 1.58 bits per heavy atom. The predicted octanol–water partition coefficient (Wildman–Crippen LogP) is 3.23. The molecule has 112 valence electrons. The zero-order chi connectivity index (χ0) is 14.3. The van der Waals surface area contributed by atoms with E-state index in [9.17, 15) is 8.78 Å². The number of rotatable bonds is 2. The van der Waals surface area contributed by atoms with Crippen molar-refractivity contribution in [1.29, 1.82) is 0 Å². The second-order valence-corrected chi connectivity index (χ2v) is 6.93. The van der Waals surface area contributed by atoms with Crippen molar-refractivity contribution in [2.75, 3.05) is 26.2 Å². The number of piperidine rings is 2. The molecule has 2 nitrogen and oxygen atoms in total. The standard InChI is InChI=1S/C15H28F2N2/c1-12(2)18-8-5-14(6-9-18)7-10-19(13(3)4)11-15(14,16)17/h12-13H,5-11H2,1-4H3. The molecule has 0 atom stereocenters. The maximum absolute atomic E-state index is 14.6. The van der Waals surface area contributed by atoms with Crippen molar-refractivity contribution in [3.8, 4) is 0 Å². The lowest BCUT2D eigenvalue weighted by atomic mass is 9.68. The van der Waals surface area contributed by atoms with Gasteiger partial charge in [0.25, 0.3) is 5.92 Å². The van der Waals surface area contributed by atoms with Gasteiger partial charge >= 0.3 is 0 Å². The molecule has 0 aromatic carbocycles. The topological polar surface area (TPSA) is 6.48 Å². The number of nitrogens with zero attached hydrogens (tertiary/aromatic N) is 2. The van der Waals surface area contributed by atoms with E-state index in [0.717, 1.165) is 19.6 Å². The highest BCUT2D eigenvalue weighted by Gasteiger charge is 2.57. The molecule has 2 fully saturated rings. The Kier molecular flexibility index (Phi) is 4.22. The third-order valence-corrected chi connectivity index (χ3v) is 5.27. The van der Waals surface area contributed by atoms with Crippen LogP contribution >= 0.6 is 0 Å². The zero-order valence-electron chi connectivity index (χ0n) is 12.8. The lowest BCUT2D eigenvalue weighted by Crippen LogP contribution is -2.60. The molecule has 0 saturated carbocycles. The molecule has 2 heterocycles. The quantitative estimate of drug-likeness (QED) is 0.763. The third kappa shape index (κ3) is 2.80. The lowest BCUT2D eigenvalue weighted by Gasteiger charge is -2.52. The molecule has 2 rings (SSSR count). The van der Waals surface area contributed by atoms with Crippen molar-refractivity contribution < 1.29 is 8.78 Å². The van der Waals surface area contributed by atoms with Crippen LogP contribution in [-0.4, -0.2) is 54.0 Å². The maximum Gasteiger partial charge on any atom is 0.266 e. The van der Waals surface area contributed by atoms with Crippen LogP contribution in [0, 0.1) is 5.41 Å². The fraction of sp³-hybridized carbons (Fsp3) is 1.00. The van der Waals surface area contributed by atoms with Gasteiger partial charge in [0.15, 0.2) is 0 Å². The van der Waals surface area contributed by atoms with Gasteiger partial charge in [-0.05, 0) is 66.6 Å². The Morgan fingerprint density at radius 2 is 1.21 bits per heavy atom. The third-order valence-electron chi connectivity index (χ3n) is 5.27. The Hall–Kier alpha value is -0.220. The second-order valence-electron chi connectivity index (χ2n) is 6.93. The smallest absolute Gasteiger partial charge is 0.266 e. The summed E-state index contributed by atoms with van der Waals surface area (Å²) < 4.78 is 29.2. The summed E-state index contributed by atoms with van der Waals surface area (Å²) in [5.41, 5.74) is -0.732. The Balaban J connectivity index is 2.05. The van der Waals surface area contributed by atoms with Crippen LogP contribution in [0.3, 0.4) is 0 Å². The molecule has 2 aliphatic heterocycles. The van der Waals surface area contributed by atoms with E-state index in [-0.39, 0.29) is 12.6 Å². The first kappa shape index (κ1) is 15.2. The zero-order valence-corrected chi connectivity index (χ0v) is 12.8. The highest BCUT2D eigenvalue weighted by Crippen LogP contribution is 2.51. The molecule has 2 aliphatic rings. The van der Waals surface area contributed by atoms with Crippen LogP contribution in [0.15, 0.2) is 0 Å². The fourth-order valence-electron chi connectivity index (χ4n) is 3.57. The Morgan fingerprint density at radius 1 is 0.789 bits per heavy atom. The van der Waals surface area contributed by atoms with Crippen LogP contribution in [0.4, 0.5) is 8.78 Å². The molecule has 0 N–H and O–H groups in total. The summed E-state index contributed by atoms with van der Waals surface area (Å²) in [5, 5.41) is 0. The molecule has 19 heavy (non-hydrogen) atoms. The second kappa shape index (κ2) is 5.28. The van der Waals surface area contributed by atoms with E-state index < -0.39 is 11.3 Å². The van der Waals surface area contributed by atoms with Gasteiger partial charge in [-0.2, -0.15) is 0 Å². The molecule has 1 spiro atoms. The number of alkyl halides is 2. The lowest BCUT2D eigenvalue weighted by molar-refractivity contribution is -0.192. The largest absolute Gasteiger partial charge is 0.301 e. The molecule has 0 radical (unpaired) electrons. The molecule has 0 bridgehead atoms. The van der Waals surface area contributed by atoms with Gasteiger partial charge in [-0.25, -0.2) is 8.78 Å². The van der Waals surface area contributed by atoms with Crippen LogP contribution in [0.5, 0.6) is 0 Å². The summed E-state index contributed by atoms with van der Waals surface area (Å²) >= 11 is 0. The van der Waals surface area contributed by atoms with Crippen LogP contribution in [-0.2, 0) is 0 Å². The van der Waals surface area contributed by atoms with Gasteiger partial charge < -0.3 is 4.90 Å². The van der Waals surface area contributed by atoms with E-state index in [4.69, 9.17) is 0 Å². The highest BCUT2D eigenvalue weighted by atomic mass is 19.3. The minimum atomic E-state index is -2.53. The van der Waals surface area contributed by atoms with Crippen molar-refractivity contribution in [3.05, 3.63) is 0 Å². The van der Waals surface area contributed by atoms with Gasteiger partial charge in [0.05, 0.1) is 6.54 Å². The number of likely N-dealkylation sites (tertiary alicyclic amines) is 2. The minimum absolute atomic E-state index is 0.0493. The number of hydrogen-bond donors (Lipinski definition) is 0. The molecule has 0 aliphatic carbocycles.